The van der Waals surface area contributed by atoms with E-state index in [9.17, 15) is 4.79 Å². The summed E-state index contributed by atoms with van der Waals surface area (Å²) in [6.45, 7) is 7.65. The summed E-state index contributed by atoms with van der Waals surface area (Å²) < 4.78 is 0. The van der Waals surface area contributed by atoms with Crippen molar-refractivity contribution >= 4 is 11.7 Å². The van der Waals surface area contributed by atoms with Crippen molar-refractivity contribution in [2.24, 2.45) is 5.92 Å². The van der Waals surface area contributed by atoms with E-state index in [0.29, 0.717) is 30.5 Å². The molecule has 5 nitrogen and oxygen atoms in total. The summed E-state index contributed by atoms with van der Waals surface area (Å²) in [7, 11) is 0. The maximum atomic E-state index is 11.9. The predicted molar refractivity (Wildman–Crippen MR) is 92.3 cm³/mol. The first-order chi connectivity index (χ1) is 11.0. The summed E-state index contributed by atoms with van der Waals surface area (Å²) >= 11 is 0. The third-order valence-electron chi connectivity index (χ3n) is 3.46. The minimum absolute atomic E-state index is 0.177. The van der Waals surface area contributed by atoms with E-state index in [0.717, 1.165) is 6.42 Å². The number of anilines is 1. The van der Waals surface area contributed by atoms with E-state index in [-0.39, 0.29) is 5.91 Å². The number of nitrogens with zero attached hydrogens (tertiary/aromatic N) is 2. The molecule has 0 aliphatic rings. The number of carbonyl (C=O) groups is 1. The Morgan fingerprint density at radius 3 is 2.65 bits per heavy atom. The average Bonchev–Trinajstić information content (AvgIpc) is 2.53. The van der Waals surface area contributed by atoms with E-state index in [1.165, 1.54) is 11.1 Å². The molecular formula is C18H24N4O. The van der Waals surface area contributed by atoms with Gasteiger partial charge >= 0.3 is 0 Å². The first kappa shape index (κ1) is 16.9. The van der Waals surface area contributed by atoms with Crippen LogP contribution in [0.4, 0.5) is 5.82 Å². The second kappa shape index (κ2) is 8.27. The lowest BCUT2D eigenvalue weighted by molar-refractivity contribution is 0.0946. The van der Waals surface area contributed by atoms with Crippen LogP contribution in [-0.4, -0.2) is 22.6 Å². The van der Waals surface area contributed by atoms with Gasteiger partial charge in [0.2, 0.25) is 0 Å². The van der Waals surface area contributed by atoms with Gasteiger partial charge in [0.05, 0.1) is 0 Å². The lowest BCUT2D eigenvalue weighted by Crippen LogP contribution is -2.26. The van der Waals surface area contributed by atoms with Crippen molar-refractivity contribution in [2.45, 2.75) is 33.7 Å². The molecular weight excluding hydrogens is 288 g/mol. The molecule has 122 valence electrons. The summed E-state index contributed by atoms with van der Waals surface area (Å²) in [6, 6.07) is 11.7. The SMILES string of the molecule is Cc1cccc(CNc2ccc(C(=O)NCCC(C)C)nn2)c1. The van der Waals surface area contributed by atoms with E-state index in [1.807, 2.05) is 6.07 Å². The van der Waals surface area contributed by atoms with Gasteiger partial charge in [0.1, 0.15) is 5.82 Å². The van der Waals surface area contributed by atoms with Crippen LogP contribution in [0, 0.1) is 12.8 Å². The van der Waals surface area contributed by atoms with E-state index in [2.05, 4.69) is 59.8 Å². The lowest BCUT2D eigenvalue weighted by Gasteiger charge is -2.08. The molecule has 1 amide bonds. The zero-order chi connectivity index (χ0) is 16.7. The van der Waals surface area contributed by atoms with Gasteiger partial charge in [-0.1, -0.05) is 43.7 Å². The number of carbonyl (C=O) groups excluding carboxylic acids is 1. The Morgan fingerprint density at radius 1 is 1.17 bits per heavy atom. The number of benzene rings is 1. The van der Waals surface area contributed by atoms with Crippen LogP contribution in [0.5, 0.6) is 0 Å². The Bertz CT molecular complexity index is 638. The molecule has 0 unspecified atom stereocenters. The fourth-order valence-corrected chi connectivity index (χ4v) is 2.13. The smallest absolute Gasteiger partial charge is 0.271 e. The van der Waals surface area contributed by atoms with Crippen LogP contribution >= 0.6 is 0 Å². The third kappa shape index (κ3) is 5.70. The number of nitrogens with one attached hydrogen (secondary N) is 2. The van der Waals surface area contributed by atoms with Gasteiger partial charge in [-0.05, 0) is 37.0 Å². The number of hydrogen-bond donors (Lipinski definition) is 2. The van der Waals surface area contributed by atoms with E-state index in [4.69, 9.17) is 0 Å². The van der Waals surface area contributed by atoms with Crippen LogP contribution in [-0.2, 0) is 6.54 Å². The van der Waals surface area contributed by atoms with Gasteiger partial charge in [0, 0.05) is 13.1 Å². The van der Waals surface area contributed by atoms with E-state index >= 15 is 0 Å². The van der Waals surface area contributed by atoms with Gasteiger partial charge in [-0.3, -0.25) is 4.79 Å². The highest BCUT2D eigenvalue weighted by atomic mass is 16.1. The summed E-state index contributed by atoms with van der Waals surface area (Å²) in [5.41, 5.74) is 2.75. The minimum atomic E-state index is -0.177. The monoisotopic (exact) mass is 312 g/mol. The largest absolute Gasteiger partial charge is 0.365 e. The van der Waals surface area contributed by atoms with Gasteiger partial charge in [-0.25, -0.2) is 0 Å². The molecule has 1 aromatic heterocycles. The zero-order valence-electron chi connectivity index (χ0n) is 14.0. The maximum Gasteiger partial charge on any atom is 0.271 e. The molecule has 2 aromatic rings. The summed E-state index contributed by atoms with van der Waals surface area (Å²) in [5.74, 6) is 1.04. The quantitative estimate of drug-likeness (QED) is 0.824. The summed E-state index contributed by atoms with van der Waals surface area (Å²) in [4.78, 5) is 11.9. The lowest BCUT2D eigenvalue weighted by atomic mass is 10.1. The normalized spacial score (nSPS) is 10.6. The molecule has 2 rings (SSSR count). The van der Waals surface area contributed by atoms with Gasteiger partial charge in [-0.15, -0.1) is 10.2 Å². The molecule has 5 heteroatoms. The van der Waals surface area contributed by atoms with Gasteiger partial charge in [0.15, 0.2) is 5.69 Å². The highest BCUT2D eigenvalue weighted by Gasteiger charge is 2.08. The van der Waals surface area contributed by atoms with Gasteiger partial charge in [-0.2, -0.15) is 0 Å². The Morgan fingerprint density at radius 2 is 2.00 bits per heavy atom. The fourth-order valence-electron chi connectivity index (χ4n) is 2.13. The highest BCUT2D eigenvalue weighted by Crippen LogP contribution is 2.08. The van der Waals surface area contributed by atoms with Gasteiger partial charge < -0.3 is 10.6 Å². The molecule has 0 saturated carbocycles. The van der Waals surface area contributed by atoms with E-state index in [1.54, 1.807) is 12.1 Å². The predicted octanol–water partition coefficient (Wildman–Crippen LogP) is 3.17. The molecule has 0 saturated heterocycles. The Hall–Kier alpha value is -2.43. The van der Waals surface area contributed by atoms with Crippen molar-refractivity contribution in [3.8, 4) is 0 Å². The van der Waals surface area contributed by atoms with Crippen molar-refractivity contribution < 1.29 is 4.79 Å². The molecule has 2 N–H and O–H groups in total. The molecule has 0 aliphatic heterocycles. The average molecular weight is 312 g/mol. The number of hydrogen-bond acceptors (Lipinski definition) is 4. The summed E-state index contributed by atoms with van der Waals surface area (Å²) in [5, 5.41) is 14.1. The molecule has 0 spiro atoms. The Balaban J connectivity index is 1.85. The van der Waals surface area contributed by atoms with Crippen LogP contribution in [0.1, 0.15) is 41.9 Å². The molecule has 23 heavy (non-hydrogen) atoms. The topological polar surface area (TPSA) is 66.9 Å². The zero-order valence-corrected chi connectivity index (χ0v) is 14.0. The molecule has 0 atom stereocenters. The van der Waals surface area contributed by atoms with Crippen molar-refractivity contribution in [2.75, 3.05) is 11.9 Å². The third-order valence-corrected chi connectivity index (χ3v) is 3.46. The van der Waals surface area contributed by atoms with E-state index < -0.39 is 0 Å². The molecule has 0 bridgehead atoms. The molecule has 0 fully saturated rings. The molecule has 0 radical (unpaired) electrons. The highest BCUT2D eigenvalue weighted by molar-refractivity contribution is 5.92. The fraction of sp³-hybridized carbons (Fsp3) is 0.389. The molecule has 1 aromatic carbocycles. The standard InChI is InChI=1S/C18H24N4O/c1-13(2)9-10-19-18(23)16-7-8-17(22-21-16)20-12-15-6-4-5-14(3)11-15/h4-8,11,13H,9-10,12H2,1-3H3,(H,19,23)(H,20,22). The van der Waals surface area contributed by atoms with Crippen molar-refractivity contribution in [3.05, 3.63) is 53.2 Å². The van der Waals surface area contributed by atoms with Crippen LogP contribution in [0.15, 0.2) is 36.4 Å². The van der Waals surface area contributed by atoms with Gasteiger partial charge in [0.25, 0.3) is 5.91 Å². The van der Waals surface area contributed by atoms with Crippen molar-refractivity contribution in [1.29, 1.82) is 0 Å². The first-order valence-corrected chi connectivity index (χ1v) is 7.96. The summed E-state index contributed by atoms with van der Waals surface area (Å²) in [6.07, 6.45) is 0.954. The Labute approximate surface area is 137 Å². The number of amides is 1. The number of rotatable bonds is 7. The maximum absolute atomic E-state index is 11.9. The molecule has 0 aliphatic carbocycles. The minimum Gasteiger partial charge on any atom is -0.365 e. The second-order valence-electron chi connectivity index (χ2n) is 6.08. The Kier molecular flexibility index (Phi) is 6.09. The van der Waals surface area contributed by atoms with Crippen LogP contribution < -0.4 is 10.6 Å². The molecule has 1 heterocycles. The van der Waals surface area contributed by atoms with Crippen LogP contribution in [0.2, 0.25) is 0 Å². The van der Waals surface area contributed by atoms with Crippen LogP contribution in [0.25, 0.3) is 0 Å². The number of aromatic nitrogens is 2. The first-order valence-electron chi connectivity index (χ1n) is 7.96. The second-order valence-corrected chi connectivity index (χ2v) is 6.08. The van der Waals surface area contributed by atoms with Crippen molar-refractivity contribution in [3.63, 3.8) is 0 Å². The van der Waals surface area contributed by atoms with Crippen molar-refractivity contribution in [1.82, 2.24) is 15.5 Å². The number of aryl methyl sites for hydroxylation is 1. The van der Waals surface area contributed by atoms with Crippen LogP contribution in [0.3, 0.4) is 0 Å².